The maximum atomic E-state index is 12.2. The summed E-state index contributed by atoms with van der Waals surface area (Å²) in [6, 6.07) is 3.85. The summed E-state index contributed by atoms with van der Waals surface area (Å²) in [6.45, 7) is 5.00. The average Bonchev–Trinajstić information content (AvgIpc) is 2.59. The van der Waals surface area contributed by atoms with Crippen molar-refractivity contribution in [2.75, 3.05) is 20.3 Å². The minimum absolute atomic E-state index is 0.0678. The van der Waals surface area contributed by atoms with E-state index in [0.717, 1.165) is 0 Å². The molecule has 1 atom stereocenters. The van der Waals surface area contributed by atoms with E-state index in [-0.39, 0.29) is 19.0 Å². The number of nitrogens with one attached hydrogen (secondary N) is 2. The van der Waals surface area contributed by atoms with E-state index in [9.17, 15) is 14.4 Å². The Morgan fingerprint density at radius 3 is 2.58 bits per heavy atom. The zero-order valence-electron chi connectivity index (χ0n) is 15.2. The van der Waals surface area contributed by atoms with Crippen LogP contribution in [0.4, 0.5) is 4.79 Å². The molecule has 2 N–H and O–H groups in total. The molecule has 0 saturated heterocycles. The fourth-order valence-electron chi connectivity index (χ4n) is 2.55. The first-order chi connectivity index (χ1) is 12.4. The molecule has 1 aromatic rings. The monoisotopic (exact) mass is 362 g/mol. The molecule has 140 valence electrons. The summed E-state index contributed by atoms with van der Waals surface area (Å²) in [6.07, 6.45) is 0. The fourth-order valence-corrected chi connectivity index (χ4v) is 2.55. The van der Waals surface area contributed by atoms with Crippen molar-refractivity contribution in [3.8, 4) is 11.5 Å². The Morgan fingerprint density at radius 1 is 1.23 bits per heavy atom. The fraction of sp³-hybridized carbons (Fsp3) is 0.389. The number of urea groups is 1. The first-order valence-corrected chi connectivity index (χ1v) is 8.16. The van der Waals surface area contributed by atoms with Crippen LogP contribution in [-0.4, -0.2) is 44.1 Å². The summed E-state index contributed by atoms with van der Waals surface area (Å²) in [5.41, 5.74) is 1.10. The van der Waals surface area contributed by atoms with Crippen molar-refractivity contribution in [3.05, 3.63) is 35.0 Å². The Labute approximate surface area is 151 Å². The lowest BCUT2D eigenvalue weighted by Gasteiger charge is -2.26. The number of carbonyl (C=O) groups excluding carboxylic acids is 3. The van der Waals surface area contributed by atoms with Gasteiger partial charge in [-0.2, -0.15) is 0 Å². The van der Waals surface area contributed by atoms with Crippen LogP contribution in [-0.2, 0) is 9.53 Å². The third-order valence-electron chi connectivity index (χ3n) is 3.81. The maximum absolute atomic E-state index is 12.2. The quantitative estimate of drug-likeness (QED) is 0.566. The second-order valence-electron chi connectivity index (χ2n) is 5.64. The van der Waals surface area contributed by atoms with Gasteiger partial charge in [-0.05, 0) is 39.0 Å². The van der Waals surface area contributed by atoms with Crippen LogP contribution in [0, 0.1) is 0 Å². The zero-order valence-corrected chi connectivity index (χ0v) is 15.2. The highest BCUT2D eigenvalue weighted by atomic mass is 16.5. The van der Waals surface area contributed by atoms with E-state index in [0.29, 0.717) is 28.3 Å². The number of amides is 2. The predicted molar refractivity (Wildman–Crippen MR) is 93.3 cm³/mol. The SMILES string of the molecule is CCOC(=O)C1=C(COc2ccc(C(C)=O)cc2OC)NC(=O)N[C@H]1C. The lowest BCUT2D eigenvalue weighted by molar-refractivity contribution is -0.139. The van der Waals surface area contributed by atoms with Crippen LogP contribution in [0.25, 0.3) is 0 Å². The number of methoxy groups -OCH3 is 1. The molecule has 0 fully saturated rings. The van der Waals surface area contributed by atoms with E-state index in [1.165, 1.54) is 14.0 Å². The summed E-state index contributed by atoms with van der Waals surface area (Å²) >= 11 is 0. The summed E-state index contributed by atoms with van der Waals surface area (Å²) in [4.78, 5) is 35.4. The molecule has 26 heavy (non-hydrogen) atoms. The molecule has 1 aromatic carbocycles. The summed E-state index contributed by atoms with van der Waals surface area (Å²) in [5.74, 6) is 0.143. The van der Waals surface area contributed by atoms with E-state index in [1.807, 2.05) is 0 Å². The molecule has 0 unspecified atom stereocenters. The summed E-state index contributed by atoms with van der Waals surface area (Å²) in [7, 11) is 1.46. The van der Waals surface area contributed by atoms with Gasteiger partial charge in [-0.25, -0.2) is 9.59 Å². The normalized spacial score (nSPS) is 16.5. The lowest BCUT2D eigenvalue weighted by atomic mass is 10.0. The number of rotatable bonds is 7. The molecule has 0 spiro atoms. The standard InChI is InChI=1S/C18H22N2O6/c1-5-25-17(22)16-10(2)19-18(23)20-13(16)9-26-14-7-6-12(11(3)21)8-15(14)24-4/h6-8,10H,5,9H2,1-4H3,(H2,19,20,23)/t10-/m0/s1. The number of benzene rings is 1. The molecule has 8 heteroatoms. The Morgan fingerprint density at radius 2 is 1.96 bits per heavy atom. The first kappa shape index (κ1) is 19.3. The number of ether oxygens (including phenoxy) is 3. The molecule has 0 radical (unpaired) electrons. The number of carbonyl (C=O) groups is 3. The van der Waals surface area contributed by atoms with Gasteiger partial charge >= 0.3 is 12.0 Å². The van der Waals surface area contributed by atoms with Crippen molar-refractivity contribution in [2.24, 2.45) is 0 Å². The lowest BCUT2D eigenvalue weighted by Crippen LogP contribution is -2.50. The van der Waals surface area contributed by atoms with Gasteiger partial charge in [-0.1, -0.05) is 0 Å². The third kappa shape index (κ3) is 4.33. The van der Waals surface area contributed by atoms with Crippen LogP contribution in [0.5, 0.6) is 11.5 Å². The highest BCUT2D eigenvalue weighted by Crippen LogP contribution is 2.29. The largest absolute Gasteiger partial charge is 0.493 e. The predicted octanol–water partition coefficient (Wildman–Crippen LogP) is 1.80. The minimum atomic E-state index is -0.523. The van der Waals surface area contributed by atoms with E-state index >= 15 is 0 Å². The molecule has 1 aliphatic heterocycles. The van der Waals surface area contributed by atoms with Gasteiger partial charge < -0.3 is 24.8 Å². The molecule has 0 saturated carbocycles. The maximum Gasteiger partial charge on any atom is 0.338 e. The number of hydrogen-bond acceptors (Lipinski definition) is 6. The highest BCUT2D eigenvalue weighted by Gasteiger charge is 2.30. The van der Waals surface area contributed by atoms with Crippen LogP contribution < -0.4 is 20.1 Å². The minimum Gasteiger partial charge on any atom is -0.493 e. The van der Waals surface area contributed by atoms with Crippen molar-refractivity contribution in [1.29, 1.82) is 0 Å². The first-order valence-electron chi connectivity index (χ1n) is 8.16. The molecule has 2 rings (SSSR count). The van der Waals surface area contributed by atoms with Crippen LogP contribution in [0.2, 0.25) is 0 Å². The zero-order chi connectivity index (χ0) is 19.3. The van der Waals surface area contributed by atoms with Gasteiger partial charge in [0, 0.05) is 5.56 Å². The Kier molecular flexibility index (Phi) is 6.21. The van der Waals surface area contributed by atoms with Gasteiger partial charge in [0.15, 0.2) is 17.3 Å². The van der Waals surface area contributed by atoms with E-state index in [2.05, 4.69) is 10.6 Å². The Bertz CT molecular complexity index is 756. The number of esters is 1. The smallest absolute Gasteiger partial charge is 0.338 e. The molecule has 8 nitrogen and oxygen atoms in total. The van der Waals surface area contributed by atoms with E-state index < -0.39 is 18.0 Å². The van der Waals surface area contributed by atoms with Crippen molar-refractivity contribution >= 4 is 17.8 Å². The van der Waals surface area contributed by atoms with Gasteiger partial charge in [0.05, 0.1) is 31.0 Å². The van der Waals surface area contributed by atoms with E-state index in [4.69, 9.17) is 14.2 Å². The third-order valence-corrected chi connectivity index (χ3v) is 3.81. The van der Waals surface area contributed by atoms with Crippen LogP contribution in [0.3, 0.4) is 0 Å². The summed E-state index contributed by atoms with van der Waals surface area (Å²) < 4.78 is 16.0. The van der Waals surface area contributed by atoms with Crippen molar-refractivity contribution in [3.63, 3.8) is 0 Å². The van der Waals surface area contributed by atoms with Crippen molar-refractivity contribution in [2.45, 2.75) is 26.8 Å². The number of hydrogen-bond donors (Lipinski definition) is 2. The van der Waals surface area contributed by atoms with Gasteiger partial charge in [0.25, 0.3) is 0 Å². The second-order valence-corrected chi connectivity index (χ2v) is 5.64. The van der Waals surface area contributed by atoms with Crippen molar-refractivity contribution < 1.29 is 28.6 Å². The molecule has 0 aromatic heterocycles. The van der Waals surface area contributed by atoms with Gasteiger partial charge in [-0.3, -0.25) is 4.79 Å². The topological polar surface area (TPSA) is 103 Å². The van der Waals surface area contributed by atoms with Gasteiger partial charge in [-0.15, -0.1) is 0 Å². The summed E-state index contributed by atoms with van der Waals surface area (Å²) in [5, 5.41) is 5.20. The molecule has 0 bridgehead atoms. The Hall–Kier alpha value is -3.03. The number of Topliss-reactive ketones (excluding diaryl/α,β-unsaturated/α-hetero) is 1. The van der Waals surface area contributed by atoms with Crippen LogP contribution in [0.1, 0.15) is 31.1 Å². The molecule has 1 heterocycles. The molecular weight excluding hydrogens is 340 g/mol. The Balaban J connectivity index is 2.27. The van der Waals surface area contributed by atoms with Gasteiger partial charge in [0.2, 0.25) is 0 Å². The highest BCUT2D eigenvalue weighted by molar-refractivity contribution is 5.95. The number of ketones is 1. The van der Waals surface area contributed by atoms with Crippen molar-refractivity contribution in [1.82, 2.24) is 10.6 Å². The average molecular weight is 362 g/mol. The van der Waals surface area contributed by atoms with Gasteiger partial charge in [0.1, 0.15) is 6.61 Å². The van der Waals surface area contributed by atoms with Crippen LogP contribution >= 0.6 is 0 Å². The van der Waals surface area contributed by atoms with E-state index in [1.54, 1.807) is 32.0 Å². The molecule has 1 aliphatic rings. The molecule has 0 aliphatic carbocycles. The molecule has 2 amide bonds. The second kappa shape index (κ2) is 8.37. The molecular formula is C18H22N2O6. The van der Waals surface area contributed by atoms with Crippen LogP contribution in [0.15, 0.2) is 29.5 Å².